The Kier molecular flexibility index (Phi) is 16.9. The molecule has 0 unspecified atom stereocenters. The fraction of sp³-hybridized carbons (Fsp3) is 0.583. The fourth-order valence-electron chi connectivity index (χ4n) is 12.8. The van der Waals surface area contributed by atoms with Crippen molar-refractivity contribution in [2.24, 2.45) is 0 Å². The molecule has 9 aromatic rings. The predicted molar refractivity (Wildman–Crippen MR) is 398 cm³/mol. The maximum atomic E-state index is 14.3. The predicted octanol–water partition coefficient (Wildman–Crippen LogP) is 6.55. The molecule has 6 aliphatic carbocycles. The first-order chi connectivity index (χ1) is 61.4. The summed E-state index contributed by atoms with van der Waals surface area (Å²) < 4.78 is 270. The van der Waals surface area contributed by atoms with E-state index in [0.29, 0.717) is 68.7 Å². The van der Waals surface area contributed by atoms with Gasteiger partial charge in [-0.2, -0.15) is 0 Å². The van der Waals surface area contributed by atoms with Gasteiger partial charge < -0.3 is 76.1 Å². The van der Waals surface area contributed by atoms with Crippen LogP contribution in [-0.2, 0) is 14.2 Å². The third-order valence-corrected chi connectivity index (χ3v) is 20.6. The normalized spacial score (nSPS) is 33.9. The molecule has 15 rings (SSSR count). The first-order valence-corrected chi connectivity index (χ1v) is 36.0. The molecule has 0 bridgehead atoms. The van der Waals surface area contributed by atoms with E-state index in [2.05, 4.69) is 76.8 Å². The number of ether oxygens (including phenoxy) is 3. The van der Waals surface area contributed by atoms with E-state index >= 15 is 0 Å². The molecule has 108 heavy (non-hydrogen) atoms. The number of halogens is 3. The zero-order valence-electron chi connectivity index (χ0n) is 83.9. The Morgan fingerprint density at radius 2 is 0.787 bits per heavy atom. The third-order valence-electron chi connectivity index (χ3n) is 18.6. The maximum absolute atomic E-state index is 14.3. The fourth-order valence-corrected chi connectivity index (χ4v) is 14.1. The average molecular weight is 1580 g/mol. The van der Waals surface area contributed by atoms with Crippen molar-refractivity contribution in [3.63, 3.8) is 0 Å². The highest BCUT2D eigenvalue weighted by molar-refractivity contribution is 7.99. The molecule has 0 amide bonds. The van der Waals surface area contributed by atoms with Crippen molar-refractivity contribution in [2.75, 3.05) is 72.5 Å². The molecular weight excluding hydrogens is 1460 g/mol. The molecule has 0 spiro atoms. The zero-order valence-corrected chi connectivity index (χ0v) is 60.4. The molecule has 6 heterocycles. The van der Waals surface area contributed by atoms with E-state index in [1.165, 1.54) is 24.3 Å². The van der Waals surface area contributed by atoms with Crippen LogP contribution in [0.3, 0.4) is 0 Å². The van der Waals surface area contributed by atoms with Gasteiger partial charge >= 0.3 is 0 Å². The van der Waals surface area contributed by atoms with E-state index in [1.807, 2.05) is 0 Å². The summed E-state index contributed by atoms with van der Waals surface area (Å²) >= 11 is 1.07. The Labute approximate surface area is 669 Å². The first-order valence-electron chi connectivity index (χ1n) is 46.6. The summed E-state index contributed by atoms with van der Waals surface area (Å²) in [4.78, 5) is 25.9. The van der Waals surface area contributed by atoms with E-state index in [0.717, 1.165) is 34.8 Å². The summed E-state index contributed by atoms with van der Waals surface area (Å²) in [6.45, 7) is -5.79. The van der Waals surface area contributed by atoms with Gasteiger partial charge in [0.1, 0.15) is 54.1 Å². The Bertz CT molecular complexity index is 5860. The number of fused-ring (bicyclic) bond motifs is 3. The van der Waals surface area contributed by atoms with Gasteiger partial charge in [0.2, 0.25) is 0 Å². The molecule has 12 N–H and O–H groups in total. The van der Waals surface area contributed by atoms with E-state index in [4.69, 9.17) is 49.9 Å². The van der Waals surface area contributed by atoms with Gasteiger partial charge in [0.05, 0.1) is 86.9 Å². The van der Waals surface area contributed by atoms with Gasteiger partial charge in [0.25, 0.3) is 0 Å². The molecular formula is C72H93F3N18O12S3. The minimum atomic E-state index is -3.45. The number of benzene rings is 3. The highest BCUT2D eigenvalue weighted by Gasteiger charge is 2.49. The number of thioether (sulfide) groups is 3. The lowest BCUT2D eigenvalue weighted by Gasteiger charge is -2.17. The van der Waals surface area contributed by atoms with Crippen LogP contribution in [0.4, 0.5) is 30.6 Å². The number of aliphatic hydroxyl groups excluding tert-OH is 7. The van der Waals surface area contributed by atoms with Crippen LogP contribution in [0.25, 0.3) is 33.5 Å². The SMILES string of the molecule is [2H]C([2H])(CO)O[C@H]1C[C@@H](n2nnc3c(N[C@H]4[C@H](c5ccc(C)c(F)c5)C4([2H])[2H])nc(SC([2H])([2H])C([2H])([2H])C)nc32)[C@H](O)[C@@H]1O.[2H]C([2H])(O)CO[C@H]1C[C@@H](n2nnc3c(N[C@H]4[C@H](c5ccc(C)c(F)c5)C4([2H])[2H])nc(SC([2H])([2H])C([2H])([2H])C)nc32)[C@H](O)[C@@H]1O.[2H]C1([2H])[C@@H](Nc2nc(SC([2H])([2H])C([2H])([2H])C)nc3c2nnn3[C@@H]2C[C@H](OC([2H])([2H])C([2H])([2H])O)[C@@H](O)[C@H]2O)[C@@H]1c1ccc(C)c(F)c1. The van der Waals surface area contributed by atoms with Crippen molar-refractivity contribution in [3.05, 3.63) is 105 Å². The molecule has 30 nitrogen and oxygen atoms in total. The Balaban J connectivity index is 0.000000170. The highest BCUT2D eigenvalue weighted by atomic mass is 32.2. The van der Waals surface area contributed by atoms with E-state index in [1.54, 1.807) is 51.1 Å². The van der Waals surface area contributed by atoms with Crippen LogP contribution in [0.5, 0.6) is 0 Å². The second kappa shape index (κ2) is 35.1. The minimum absolute atomic E-state index is 0.00343. The van der Waals surface area contributed by atoms with Gasteiger partial charge in [-0.15, -0.1) is 15.3 Å². The summed E-state index contributed by atoms with van der Waals surface area (Å²) in [5, 5.41) is 125. The number of anilines is 3. The quantitative estimate of drug-likeness (QED) is 0.0168. The molecule has 582 valence electrons. The van der Waals surface area contributed by atoms with Crippen molar-refractivity contribution in [3.8, 4) is 0 Å². The third kappa shape index (κ3) is 17.5. The second-order valence-electron chi connectivity index (χ2n) is 25.6. The topological polar surface area (TPSA) is 415 Å². The highest BCUT2D eigenvalue weighted by Crippen LogP contribution is 2.48. The first kappa shape index (κ1) is 52.2. The molecule has 6 aliphatic rings. The van der Waals surface area contributed by atoms with E-state index in [-0.39, 0.29) is 85.7 Å². The lowest BCUT2D eigenvalue weighted by molar-refractivity contribution is -0.0629. The second-order valence-corrected chi connectivity index (χ2v) is 27.9. The smallest absolute Gasteiger partial charge is 0.191 e. The molecule has 0 radical (unpaired) electrons. The van der Waals surface area contributed by atoms with Crippen LogP contribution in [-0.4, -0.2) is 250 Å². The van der Waals surface area contributed by atoms with E-state index in [9.17, 15) is 59.1 Å². The van der Waals surface area contributed by atoms with Gasteiger partial charge in [0.15, 0.2) is 66.4 Å². The summed E-state index contributed by atoms with van der Waals surface area (Å²) in [7, 11) is 0. The summed E-state index contributed by atoms with van der Waals surface area (Å²) in [5.41, 5.74) is -5.57. The lowest BCUT2D eigenvalue weighted by Crippen LogP contribution is -2.33. The number of rotatable bonds is 30. The van der Waals surface area contributed by atoms with Gasteiger partial charge in [-0.05, 0) is 111 Å². The monoisotopic (exact) mass is 1580 g/mol. The van der Waals surface area contributed by atoms with Gasteiger partial charge in [-0.25, -0.2) is 57.1 Å². The summed E-state index contributed by atoms with van der Waals surface area (Å²) in [5.74, 6) is -4.11. The number of hydrogen-bond donors (Lipinski definition) is 12. The minimum Gasteiger partial charge on any atom is -0.394 e. The number of hydrogen-bond acceptors (Lipinski definition) is 30. The van der Waals surface area contributed by atoms with Gasteiger partial charge in [-0.3, -0.25) is 0 Å². The van der Waals surface area contributed by atoms with E-state index < -0.39 is 221 Å². The number of nitrogens with zero attached hydrogens (tertiary/aromatic N) is 15. The van der Waals surface area contributed by atoms with Crippen molar-refractivity contribution < 1.29 is 109 Å². The number of aryl methyl sites for hydroxylation is 3. The van der Waals surface area contributed by atoms with Crippen LogP contribution < -0.4 is 16.0 Å². The molecule has 3 aromatic carbocycles. The number of aliphatic hydroxyl groups is 9. The molecule has 0 aliphatic heterocycles. The van der Waals surface area contributed by atoms with Crippen LogP contribution in [0.1, 0.15) is 183 Å². The summed E-state index contributed by atoms with van der Waals surface area (Å²) in [6.07, 6.45) is -26.7. The Hall–Kier alpha value is -7.14. The molecule has 18 atom stereocenters. The number of nitrogens with one attached hydrogen (secondary N) is 3. The molecule has 6 saturated carbocycles. The summed E-state index contributed by atoms with van der Waals surface area (Å²) in [6, 6.07) is 7.14. The maximum Gasteiger partial charge on any atom is 0.191 e. The molecule has 6 fully saturated rings. The van der Waals surface area contributed by atoms with Crippen molar-refractivity contribution in [2.45, 2.75) is 223 Å². The van der Waals surface area contributed by atoms with Gasteiger partial charge in [0, 0.05) is 96.9 Å². The van der Waals surface area contributed by atoms with Crippen molar-refractivity contribution in [1.82, 2.24) is 74.9 Å². The molecule has 6 aromatic heterocycles. The van der Waals surface area contributed by atoms with Crippen LogP contribution in [0, 0.1) is 38.2 Å². The Morgan fingerprint density at radius 3 is 1.08 bits per heavy atom. The van der Waals surface area contributed by atoms with Crippen LogP contribution in [0.2, 0.25) is 0 Å². The zero-order chi connectivity index (χ0) is 99.5. The lowest BCUT2D eigenvalue weighted by atomic mass is 10.1. The largest absolute Gasteiger partial charge is 0.394 e. The number of aromatic nitrogens is 15. The van der Waals surface area contributed by atoms with Gasteiger partial charge in [-0.1, -0.05) is 108 Å². The van der Waals surface area contributed by atoms with Crippen LogP contribution in [0.15, 0.2) is 70.1 Å². The molecule has 0 saturated heterocycles. The van der Waals surface area contributed by atoms with Crippen LogP contribution >= 0.6 is 35.3 Å². The Morgan fingerprint density at radius 1 is 0.463 bits per heavy atom. The van der Waals surface area contributed by atoms with Crippen molar-refractivity contribution >= 4 is 86.2 Å². The molecule has 36 heteroatoms. The average Bonchev–Trinajstić information content (AvgIpc) is 1.56. The van der Waals surface area contributed by atoms with Crippen molar-refractivity contribution in [1.29, 1.82) is 0 Å². The standard InChI is InChI=1S/3C24H31FN6O4S/c3*1-3-8-36-24-27-22(26-16-10-14(16)13-5-4-12(2)15(25)9-13)19-23(28-24)31(30-29-19)17-11-18(35-7-6-32)21(34)20(17)33/h3*4-5,9,14,16-18,20-21,32-34H,3,6-8,10-11H2,1-2H3,(H,26,27,28)/t3*14-,16+,17+,18-,20-,21+/m000/s1/i3D2,6D2,7D2,8D2,10D2;3D2,7D2,8D2,10D2;3D2,6D2,8D2,10D2.